The number of fused-ring (bicyclic) bond motifs is 1. The van der Waals surface area contributed by atoms with Gasteiger partial charge in [0.05, 0.1) is 22.1 Å². The Morgan fingerprint density at radius 3 is 2.91 bits per heavy atom. The molecule has 1 aliphatic rings. The van der Waals surface area contributed by atoms with Gasteiger partial charge in [0.25, 0.3) is 5.91 Å². The Morgan fingerprint density at radius 2 is 2.15 bits per heavy atom. The number of nitrogens with one attached hydrogen (secondary N) is 1. The van der Waals surface area contributed by atoms with E-state index in [4.69, 9.17) is 21.1 Å². The van der Waals surface area contributed by atoms with Crippen molar-refractivity contribution in [1.29, 1.82) is 0 Å². The second kappa shape index (κ2) is 9.38. The molecule has 34 heavy (non-hydrogen) atoms. The van der Waals surface area contributed by atoms with E-state index >= 15 is 0 Å². The molecular formula is C24H24BrClN6O2. The number of benzene rings is 1. The fraction of sp³-hybridized carbons (Fsp3) is 0.333. The van der Waals surface area contributed by atoms with Crippen LogP contribution in [0.5, 0.6) is 0 Å². The Labute approximate surface area is 210 Å². The van der Waals surface area contributed by atoms with Crippen LogP contribution in [0.2, 0.25) is 5.02 Å². The van der Waals surface area contributed by atoms with E-state index in [-0.39, 0.29) is 5.91 Å². The molecule has 1 amide bonds. The van der Waals surface area contributed by atoms with E-state index in [1.807, 2.05) is 35.2 Å². The number of halogens is 2. The monoisotopic (exact) mass is 542 g/mol. The highest BCUT2D eigenvalue weighted by Crippen LogP contribution is 2.31. The Kier molecular flexibility index (Phi) is 6.31. The lowest BCUT2D eigenvalue weighted by atomic mass is 9.97. The Balaban J connectivity index is 1.36. The van der Waals surface area contributed by atoms with Crippen molar-refractivity contribution >= 4 is 44.9 Å². The molecule has 4 aromatic rings. The normalized spacial score (nSPS) is 16.2. The third-order valence-corrected chi connectivity index (χ3v) is 7.09. The number of piperidine rings is 1. The van der Waals surface area contributed by atoms with Crippen LogP contribution in [-0.2, 0) is 0 Å². The minimum absolute atomic E-state index is 0.00994. The van der Waals surface area contributed by atoms with Gasteiger partial charge in [-0.25, -0.2) is 4.98 Å². The van der Waals surface area contributed by atoms with Gasteiger partial charge < -0.3 is 14.7 Å². The van der Waals surface area contributed by atoms with E-state index in [2.05, 4.69) is 31.5 Å². The number of carbonyl (C=O) groups is 1. The van der Waals surface area contributed by atoms with Crippen molar-refractivity contribution in [3.8, 4) is 11.3 Å². The quantitative estimate of drug-likeness (QED) is 0.363. The van der Waals surface area contributed by atoms with Gasteiger partial charge in [-0.2, -0.15) is 9.61 Å². The highest BCUT2D eigenvalue weighted by atomic mass is 79.9. The molecule has 1 atom stereocenters. The largest absolute Gasteiger partial charge is 0.370 e. The standard InChI is InChI=1S/C24H24BrClN6O2/c1-14-22(15(2)34-30-14)24(33)31-9-5-6-16(13-31)11-27-21-10-20(17-7-3-4-8-19(17)26)29-23-18(25)12-28-32(21)23/h3-4,7-8,10,12,16,27H,5-6,9,11,13H2,1-2H3. The van der Waals surface area contributed by atoms with Crippen LogP contribution in [0, 0.1) is 19.8 Å². The summed E-state index contributed by atoms with van der Waals surface area (Å²) in [5, 5.41) is 12.6. The Morgan fingerprint density at radius 1 is 1.32 bits per heavy atom. The zero-order chi connectivity index (χ0) is 23.8. The molecular weight excluding hydrogens is 520 g/mol. The molecule has 1 N–H and O–H groups in total. The number of aromatic nitrogens is 4. The first-order chi connectivity index (χ1) is 16.4. The van der Waals surface area contributed by atoms with Gasteiger partial charge in [-0.3, -0.25) is 4.79 Å². The first kappa shape index (κ1) is 22.9. The van der Waals surface area contributed by atoms with Gasteiger partial charge in [-0.05, 0) is 54.6 Å². The summed E-state index contributed by atoms with van der Waals surface area (Å²) >= 11 is 9.99. The second-order valence-corrected chi connectivity index (χ2v) is 9.84. The molecule has 1 unspecified atom stereocenters. The van der Waals surface area contributed by atoms with Gasteiger partial charge in [-0.1, -0.05) is 35.0 Å². The first-order valence-electron chi connectivity index (χ1n) is 11.2. The average molecular weight is 544 g/mol. The SMILES string of the molecule is Cc1noc(C)c1C(=O)N1CCCC(CNc2cc(-c3ccccc3Cl)nc3c(Br)cnn23)C1. The first-order valence-corrected chi connectivity index (χ1v) is 12.3. The van der Waals surface area contributed by atoms with Gasteiger partial charge >= 0.3 is 0 Å². The molecule has 4 heterocycles. The summed E-state index contributed by atoms with van der Waals surface area (Å²) in [7, 11) is 0. The average Bonchev–Trinajstić information content (AvgIpc) is 3.38. The van der Waals surface area contributed by atoms with Crippen molar-refractivity contribution in [3.63, 3.8) is 0 Å². The predicted molar refractivity (Wildman–Crippen MR) is 134 cm³/mol. The number of likely N-dealkylation sites (tertiary alicyclic amines) is 1. The lowest BCUT2D eigenvalue weighted by Crippen LogP contribution is -2.42. The van der Waals surface area contributed by atoms with Crippen LogP contribution in [-0.4, -0.2) is 50.2 Å². The van der Waals surface area contributed by atoms with Crippen molar-refractivity contribution in [1.82, 2.24) is 24.7 Å². The van der Waals surface area contributed by atoms with E-state index in [1.165, 1.54) is 0 Å². The lowest BCUT2D eigenvalue weighted by Gasteiger charge is -2.33. The molecule has 8 nitrogen and oxygen atoms in total. The molecule has 0 spiro atoms. The molecule has 10 heteroatoms. The van der Waals surface area contributed by atoms with Gasteiger partial charge in [0.2, 0.25) is 0 Å². The van der Waals surface area contributed by atoms with Crippen molar-refractivity contribution < 1.29 is 9.32 Å². The molecule has 5 rings (SSSR count). The molecule has 0 radical (unpaired) electrons. The van der Waals surface area contributed by atoms with Crippen LogP contribution in [0.1, 0.15) is 34.7 Å². The van der Waals surface area contributed by atoms with E-state index in [1.54, 1.807) is 24.6 Å². The fourth-order valence-electron chi connectivity index (χ4n) is 4.48. The maximum atomic E-state index is 13.1. The number of anilines is 1. The smallest absolute Gasteiger partial charge is 0.259 e. The summed E-state index contributed by atoms with van der Waals surface area (Å²) in [5.41, 5.74) is 3.55. The van der Waals surface area contributed by atoms with Gasteiger partial charge in [0.1, 0.15) is 17.1 Å². The van der Waals surface area contributed by atoms with E-state index in [0.717, 1.165) is 40.9 Å². The van der Waals surface area contributed by atoms with Gasteiger partial charge in [-0.15, -0.1) is 0 Å². The van der Waals surface area contributed by atoms with Crippen molar-refractivity contribution in [2.45, 2.75) is 26.7 Å². The fourth-order valence-corrected chi connectivity index (χ4v) is 5.06. The van der Waals surface area contributed by atoms with Crippen LogP contribution in [0.4, 0.5) is 5.82 Å². The summed E-state index contributed by atoms with van der Waals surface area (Å²) in [4.78, 5) is 19.8. The number of rotatable bonds is 5. The summed E-state index contributed by atoms with van der Waals surface area (Å²) < 4.78 is 7.78. The summed E-state index contributed by atoms with van der Waals surface area (Å²) in [6, 6.07) is 9.61. The Hall–Kier alpha value is -2.91. The van der Waals surface area contributed by atoms with Crippen LogP contribution >= 0.6 is 27.5 Å². The molecule has 1 aromatic carbocycles. The van der Waals surface area contributed by atoms with Gasteiger partial charge in [0, 0.05) is 36.3 Å². The highest BCUT2D eigenvalue weighted by Gasteiger charge is 2.28. The van der Waals surface area contributed by atoms with Crippen molar-refractivity contribution in [2.75, 3.05) is 25.0 Å². The molecule has 1 fully saturated rings. The highest BCUT2D eigenvalue weighted by molar-refractivity contribution is 9.10. The minimum atomic E-state index is -0.00994. The van der Waals surface area contributed by atoms with Crippen LogP contribution < -0.4 is 5.32 Å². The molecule has 176 valence electrons. The lowest BCUT2D eigenvalue weighted by molar-refractivity contribution is 0.0677. The predicted octanol–water partition coefficient (Wildman–Crippen LogP) is 5.38. The molecule has 1 saturated heterocycles. The van der Waals surface area contributed by atoms with Crippen molar-refractivity contribution in [3.05, 3.63) is 63.0 Å². The molecule has 1 aliphatic heterocycles. The zero-order valence-corrected chi connectivity index (χ0v) is 21.2. The molecule has 0 aliphatic carbocycles. The van der Waals surface area contributed by atoms with Crippen LogP contribution in [0.25, 0.3) is 16.9 Å². The van der Waals surface area contributed by atoms with Crippen molar-refractivity contribution in [2.24, 2.45) is 5.92 Å². The number of aryl methyl sites for hydroxylation is 2. The maximum absolute atomic E-state index is 13.1. The topological polar surface area (TPSA) is 88.6 Å². The molecule has 3 aromatic heterocycles. The summed E-state index contributed by atoms with van der Waals surface area (Å²) in [6.07, 6.45) is 3.71. The number of nitrogens with zero attached hydrogens (tertiary/aromatic N) is 5. The third kappa shape index (κ3) is 4.30. The number of carbonyl (C=O) groups excluding carboxylic acids is 1. The van der Waals surface area contributed by atoms with Crippen LogP contribution in [0.15, 0.2) is 45.5 Å². The van der Waals surface area contributed by atoms with Crippen LogP contribution in [0.3, 0.4) is 0 Å². The van der Waals surface area contributed by atoms with E-state index < -0.39 is 0 Å². The summed E-state index contributed by atoms with van der Waals surface area (Å²) in [6.45, 7) is 5.69. The zero-order valence-electron chi connectivity index (χ0n) is 18.9. The Bertz CT molecular complexity index is 1350. The third-order valence-electron chi connectivity index (χ3n) is 6.20. The number of amides is 1. The van der Waals surface area contributed by atoms with E-state index in [0.29, 0.717) is 46.7 Å². The summed E-state index contributed by atoms with van der Waals surface area (Å²) in [5.74, 6) is 1.67. The molecule has 0 bridgehead atoms. The maximum Gasteiger partial charge on any atom is 0.259 e. The number of hydrogen-bond acceptors (Lipinski definition) is 6. The van der Waals surface area contributed by atoms with Gasteiger partial charge in [0.15, 0.2) is 5.65 Å². The number of hydrogen-bond donors (Lipinski definition) is 1. The van der Waals surface area contributed by atoms with E-state index in [9.17, 15) is 4.79 Å². The minimum Gasteiger partial charge on any atom is -0.370 e. The molecule has 0 saturated carbocycles. The second-order valence-electron chi connectivity index (χ2n) is 8.57.